The molecule has 1 aliphatic rings. The molecular formula is C16H17F3N4O. The predicted octanol–water partition coefficient (Wildman–Crippen LogP) is 2.63. The fourth-order valence-corrected chi connectivity index (χ4v) is 2.92. The second kappa shape index (κ2) is 6.27. The number of nitrogens with two attached hydrogens (primary N) is 1. The molecule has 4 N–H and O–H groups in total. The molecule has 0 bridgehead atoms. The van der Waals surface area contributed by atoms with E-state index in [9.17, 15) is 18.0 Å². The van der Waals surface area contributed by atoms with Gasteiger partial charge in [-0.1, -0.05) is 0 Å². The van der Waals surface area contributed by atoms with Gasteiger partial charge in [-0.3, -0.25) is 9.89 Å². The first kappa shape index (κ1) is 16.5. The number of hydrogen-bond donors (Lipinski definition) is 3. The lowest BCUT2D eigenvalue weighted by Gasteiger charge is -2.21. The third-order valence-electron chi connectivity index (χ3n) is 4.21. The number of nitrogens with one attached hydrogen (secondary N) is 2. The second-order valence-electron chi connectivity index (χ2n) is 5.92. The van der Waals surface area contributed by atoms with E-state index in [1.54, 1.807) is 6.20 Å². The number of H-pyrrole nitrogens is 1. The minimum Gasteiger partial charge on any atom is -0.326 e. The first-order chi connectivity index (χ1) is 11.4. The molecule has 0 saturated carbocycles. The van der Waals surface area contributed by atoms with Crippen molar-refractivity contribution in [3.8, 4) is 0 Å². The maximum atomic E-state index is 12.9. The zero-order valence-corrected chi connectivity index (χ0v) is 12.8. The van der Waals surface area contributed by atoms with E-state index in [0.717, 1.165) is 29.8 Å². The number of aromatic nitrogens is 2. The number of aryl methyl sites for hydroxylation is 1. The molecule has 1 atom stereocenters. The van der Waals surface area contributed by atoms with Gasteiger partial charge >= 0.3 is 6.18 Å². The van der Waals surface area contributed by atoms with E-state index in [1.165, 1.54) is 6.07 Å². The number of halogens is 3. The number of alkyl halides is 3. The van der Waals surface area contributed by atoms with Crippen molar-refractivity contribution in [3.63, 3.8) is 0 Å². The molecule has 5 nitrogen and oxygen atoms in total. The molecule has 24 heavy (non-hydrogen) atoms. The summed E-state index contributed by atoms with van der Waals surface area (Å²) >= 11 is 0. The van der Waals surface area contributed by atoms with Crippen LogP contribution in [0.25, 0.3) is 0 Å². The zero-order chi connectivity index (χ0) is 17.3. The van der Waals surface area contributed by atoms with Crippen LogP contribution in [0.1, 0.15) is 28.8 Å². The lowest BCUT2D eigenvalue weighted by molar-refractivity contribution is -0.137. The highest BCUT2D eigenvalue weighted by atomic mass is 19.4. The van der Waals surface area contributed by atoms with E-state index in [2.05, 4.69) is 15.5 Å². The standard InChI is InChI=1S/C16H17F3N4O/c17-16(18,19)12-3-9(7-20)4-13(6-12)22-15(24)10-1-2-11-8-21-23-14(11)5-10/h3-4,6,8,10H,1-2,5,7,20H2,(H,21,23)(H,22,24)/t10-/m0/s1. The Hall–Kier alpha value is -2.35. The smallest absolute Gasteiger partial charge is 0.326 e. The van der Waals surface area contributed by atoms with Crippen LogP contribution in [-0.4, -0.2) is 16.1 Å². The SMILES string of the molecule is NCc1cc(NC(=O)[C@H]2CCc3cn[nH]c3C2)cc(C(F)(F)F)c1. The summed E-state index contributed by atoms with van der Waals surface area (Å²) < 4.78 is 38.8. The van der Waals surface area contributed by atoms with E-state index in [-0.39, 0.29) is 24.1 Å². The van der Waals surface area contributed by atoms with Crippen molar-refractivity contribution in [3.05, 3.63) is 46.8 Å². The third kappa shape index (κ3) is 3.43. The van der Waals surface area contributed by atoms with Crippen molar-refractivity contribution in [1.29, 1.82) is 0 Å². The van der Waals surface area contributed by atoms with Gasteiger partial charge in [0.05, 0.1) is 11.8 Å². The normalized spacial score (nSPS) is 17.4. The van der Waals surface area contributed by atoms with Crippen LogP contribution in [0.4, 0.5) is 18.9 Å². The summed E-state index contributed by atoms with van der Waals surface area (Å²) in [6, 6.07) is 3.40. The molecule has 1 aromatic heterocycles. The van der Waals surface area contributed by atoms with Crippen molar-refractivity contribution in [2.75, 3.05) is 5.32 Å². The highest BCUT2D eigenvalue weighted by Gasteiger charge is 2.32. The Morgan fingerprint density at radius 3 is 2.88 bits per heavy atom. The second-order valence-corrected chi connectivity index (χ2v) is 5.92. The van der Waals surface area contributed by atoms with Gasteiger partial charge in [-0.25, -0.2) is 0 Å². The van der Waals surface area contributed by atoms with Crippen LogP contribution in [0.15, 0.2) is 24.4 Å². The molecule has 1 heterocycles. The van der Waals surface area contributed by atoms with Crippen molar-refractivity contribution in [2.24, 2.45) is 11.7 Å². The minimum atomic E-state index is -4.49. The lowest BCUT2D eigenvalue weighted by Crippen LogP contribution is -2.28. The zero-order valence-electron chi connectivity index (χ0n) is 12.8. The average Bonchev–Trinajstić information content (AvgIpc) is 3.01. The predicted molar refractivity (Wildman–Crippen MR) is 82.1 cm³/mol. The maximum absolute atomic E-state index is 12.9. The molecule has 1 aliphatic carbocycles. The molecule has 2 aromatic rings. The van der Waals surface area contributed by atoms with Gasteiger partial charge in [-0.15, -0.1) is 0 Å². The van der Waals surface area contributed by atoms with Gasteiger partial charge in [-0.2, -0.15) is 18.3 Å². The first-order valence-electron chi connectivity index (χ1n) is 7.60. The number of amides is 1. The number of anilines is 1. The van der Waals surface area contributed by atoms with Crippen LogP contribution in [0.3, 0.4) is 0 Å². The molecular weight excluding hydrogens is 321 g/mol. The van der Waals surface area contributed by atoms with Crippen LogP contribution in [0.2, 0.25) is 0 Å². The number of carbonyl (C=O) groups excluding carboxylic acids is 1. The molecule has 128 valence electrons. The molecule has 1 amide bonds. The average molecular weight is 338 g/mol. The van der Waals surface area contributed by atoms with Gasteiger partial charge in [0.15, 0.2) is 0 Å². The van der Waals surface area contributed by atoms with Crippen LogP contribution < -0.4 is 11.1 Å². The minimum absolute atomic E-state index is 0.0340. The van der Waals surface area contributed by atoms with Crippen LogP contribution in [0, 0.1) is 5.92 Å². The number of rotatable bonds is 3. The maximum Gasteiger partial charge on any atom is 0.416 e. The number of aromatic amines is 1. The van der Waals surface area contributed by atoms with E-state index >= 15 is 0 Å². The summed E-state index contributed by atoms with van der Waals surface area (Å²) in [6.07, 6.45) is -0.879. The van der Waals surface area contributed by atoms with Gasteiger partial charge < -0.3 is 11.1 Å². The summed E-state index contributed by atoms with van der Waals surface area (Å²) in [5, 5.41) is 9.40. The summed E-state index contributed by atoms with van der Waals surface area (Å²) in [6.45, 7) is -0.0340. The summed E-state index contributed by atoms with van der Waals surface area (Å²) in [4.78, 5) is 12.4. The fourth-order valence-electron chi connectivity index (χ4n) is 2.92. The van der Waals surface area contributed by atoms with Gasteiger partial charge in [-0.05, 0) is 42.2 Å². The largest absolute Gasteiger partial charge is 0.416 e. The van der Waals surface area contributed by atoms with Gasteiger partial charge in [0.25, 0.3) is 0 Å². The Morgan fingerprint density at radius 2 is 2.17 bits per heavy atom. The summed E-state index contributed by atoms with van der Waals surface area (Å²) in [5.41, 5.74) is 7.07. The Balaban J connectivity index is 1.77. The molecule has 0 unspecified atom stereocenters. The highest BCUT2D eigenvalue weighted by Crippen LogP contribution is 2.32. The fraction of sp³-hybridized carbons (Fsp3) is 0.375. The molecule has 8 heteroatoms. The van der Waals surface area contributed by atoms with Crippen molar-refractivity contribution >= 4 is 11.6 Å². The molecule has 0 fully saturated rings. The molecule has 0 spiro atoms. The lowest BCUT2D eigenvalue weighted by atomic mass is 9.87. The topological polar surface area (TPSA) is 83.8 Å². The number of nitrogens with zero attached hydrogens (tertiary/aromatic N) is 1. The summed E-state index contributed by atoms with van der Waals surface area (Å²) in [5.74, 6) is -0.591. The Bertz CT molecular complexity index is 754. The van der Waals surface area contributed by atoms with Gasteiger partial charge in [0.2, 0.25) is 5.91 Å². The molecule has 0 saturated heterocycles. The van der Waals surface area contributed by atoms with Crippen molar-refractivity contribution in [2.45, 2.75) is 32.0 Å². The van der Waals surface area contributed by atoms with Crippen molar-refractivity contribution in [1.82, 2.24) is 10.2 Å². The highest BCUT2D eigenvalue weighted by molar-refractivity contribution is 5.93. The monoisotopic (exact) mass is 338 g/mol. The molecule has 3 rings (SSSR count). The number of benzene rings is 1. The Kier molecular flexibility index (Phi) is 4.31. The molecule has 0 radical (unpaired) electrons. The Morgan fingerprint density at radius 1 is 1.38 bits per heavy atom. The summed E-state index contributed by atoms with van der Waals surface area (Å²) in [7, 11) is 0. The number of carbonyl (C=O) groups is 1. The number of fused-ring (bicyclic) bond motifs is 1. The van der Waals surface area contributed by atoms with E-state index < -0.39 is 11.7 Å². The quantitative estimate of drug-likeness (QED) is 0.804. The van der Waals surface area contributed by atoms with E-state index in [0.29, 0.717) is 18.4 Å². The molecule has 0 aliphatic heterocycles. The van der Waals surface area contributed by atoms with Crippen LogP contribution >= 0.6 is 0 Å². The molecule has 1 aromatic carbocycles. The van der Waals surface area contributed by atoms with Crippen molar-refractivity contribution < 1.29 is 18.0 Å². The van der Waals surface area contributed by atoms with Crippen LogP contribution in [0.5, 0.6) is 0 Å². The third-order valence-corrected chi connectivity index (χ3v) is 4.21. The first-order valence-corrected chi connectivity index (χ1v) is 7.60. The Labute approximate surface area is 136 Å². The van der Waals surface area contributed by atoms with Gasteiger partial charge in [0, 0.05) is 30.3 Å². The number of hydrogen-bond acceptors (Lipinski definition) is 3. The van der Waals surface area contributed by atoms with E-state index in [4.69, 9.17) is 5.73 Å². The van der Waals surface area contributed by atoms with E-state index in [1.807, 2.05) is 0 Å². The van der Waals surface area contributed by atoms with Crippen LogP contribution in [-0.2, 0) is 30.4 Å². The van der Waals surface area contributed by atoms with Gasteiger partial charge in [0.1, 0.15) is 0 Å².